The van der Waals surface area contributed by atoms with Crippen molar-refractivity contribution in [3.8, 4) is 5.75 Å². The van der Waals surface area contributed by atoms with Gasteiger partial charge in [-0.3, -0.25) is 0 Å². The van der Waals surface area contributed by atoms with Gasteiger partial charge in [0.2, 0.25) is 0 Å². The summed E-state index contributed by atoms with van der Waals surface area (Å²) in [6, 6.07) is 17.2. The van der Waals surface area contributed by atoms with E-state index in [2.05, 4.69) is 0 Å². The van der Waals surface area contributed by atoms with Gasteiger partial charge in [0, 0.05) is 0 Å². The molecular formula is C23H28O4. The van der Waals surface area contributed by atoms with E-state index in [4.69, 9.17) is 9.47 Å². The van der Waals surface area contributed by atoms with Crippen LogP contribution in [0.2, 0.25) is 0 Å². The maximum absolute atomic E-state index is 12.5. The molecule has 0 saturated heterocycles. The minimum atomic E-state index is -1.32. The molecule has 27 heavy (non-hydrogen) atoms. The largest absolute Gasteiger partial charge is 0.497 e. The smallest absolute Gasteiger partial charge is 0.340 e. The van der Waals surface area contributed by atoms with Crippen molar-refractivity contribution in [2.24, 2.45) is 0 Å². The van der Waals surface area contributed by atoms with Gasteiger partial charge in [-0.05, 0) is 48.9 Å². The highest BCUT2D eigenvalue weighted by Crippen LogP contribution is 2.36. The van der Waals surface area contributed by atoms with Gasteiger partial charge in [0.15, 0.2) is 5.60 Å². The highest BCUT2D eigenvalue weighted by atomic mass is 16.5. The van der Waals surface area contributed by atoms with Crippen molar-refractivity contribution in [1.29, 1.82) is 0 Å². The fourth-order valence-electron chi connectivity index (χ4n) is 3.84. The lowest BCUT2D eigenvalue weighted by Crippen LogP contribution is -2.43. The van der Waals surface area contributed by atoms with Crippen LogP contribution in [0.15, 0.2) is 54.6 Å². The van der Waals surface area contributed by atoms with Crippen molar-refractivity contribution < 1.29 is 19.4 Å². The minimum Gasteiger partial charge on any atom is -0.497 e. The van der Waals surface area contributed by atoms with Crippen molar-refractivity contribution in [3.63, 3.8) is 0 Å². The molecule has 1 aliphatic rings. The predicted molar refractivity (Wildman–Crippen MR) is 105 cm³/mol. The summed E-state index contributed by atoms with van der Waals surface area (Å²) in [6.45, 7) is 0. The molecule has 0 spiro atoms. The normalized spacial score (nSPS) is 17.2. The molecule has 4 heteroatoms. The molecule has 1 fully saturated rings. The van der Waals surface area contributed by atoms with Gasteiger partial charge >= 0.3 is 5.97 Å². The molecule has 1 aliphatic carbocycles. The second-order valence-electron chi connectivity index (χ2n) is 7.22. The van der Waals surface area contributed by atoms with Gasteiger partial charge in [-0.1, -0.05) is 61.7 Å². The summed E-state index contributed by atoms with van der Waals surface area (Å²) in [7, 11) is 1.64. The second-order valence-corrected chi connectivity index (χ2v) is 7.22. The lowest BCUT2D eigenvalue weighted by Gasteiger charge is -2.36. The van der Waals surface area contributed by atoms with Crippen molar-refractivity contribution in [2.75, 3.05) is 7.11 Å². The molecule has 1 unspecified atom stereocenters. The predicted octanol–water partition coefficient (Wildman–Crippen LogP) is 4.96. The summed E-state index contributed by atoms with van der Waals surface area (Å²) in [4.78, 5) is 12.5. The number of carboxylic acid groups (broad SMARTS) is 1. The molecule has 1 atom stereocenters. The third kappa shape index (κ3) is 4.69. The van der Waals surface area contributed by atoms with Gasteiger partial charge in [0.25, 0.3) is 0 Å². The summed E-state index contributed by atoms with van der Waals surface area (Å²) >= 11 is 0. The molecule has 3 rings (SSSR count). The lowest BCUT2D eigenvalue weighted by molar-refractivity contribution is -0.180. The van der Waals surface area contributed by atoms with Crippen molar-refractivity contribution >= 4 is 5.97 Å². The van der Waals surface area contributed by atoms with Gasteiger partial charge in [-0.2, -0.15) is 0 Å². The standard InChI is InChI=1S/C23H28O4/c1-26-20-14-12-18(13-15-20)16-17-23(22(24)25,19-8-4-2-5-9-19)27-21-10-6-3-7-11-21/h2,4-5,8-9,12-15,21H,3,6-7,10-11,16-17H2,1H3,(H,24,25). The Morgan fingerprint density at radius 2 is 1.70 bits per heavy atom. The number of aliphatic carboxylic acids is 1. The third-order valence-electron chi connectivity index (χ3n) is 5.43. The van der Waals surface area contributed by atoms with Crippen LogP contribution < -0.4 is 4.74 Å². The Labute approximate surface area is 161 Å². The van der Waals surface area contributed by atoms with E-state index in [1.54, 1.807) is 7.11 Å². The SMILES string of the molecule is COc1ccc(CCC(OC2CCCCC2)(C(=O)O)c2ccccc2)cc1. The highest BCUT2D eigenvalue weighted by molar-refractivity contribution is 5.79. The number of hydrogen-bond acceptors (Lipinski definition) is 3. The maximum Gasteiger partial charge on any atom is 0.340 e. The molecule has 1 saturated carbocycles. The molecule has 0 aliphatic heterocycles. The van der Waals surface area contributed by atoms with Crippen LogP contribution in [-0.2, 0) is 21.6 Å². The zero-order chi connectivity index (χ0) is 19.1. The molecule has 1 N–H and O–H groups in total. The molecule has 2 aromatic carbocycles. The first-order valence-electron chi connectivity index (χ1n) is 9.74. The molecular weight excluding hydrogens is 340 g/mol. The molecule has 0 heterocycles. The maximum atomic E-state index is 12.5. The molecule has 0 amide bonds. The van der Waals surface area contributed by atoms with Crippen molar-refractivity contribution in [3.05, 3.63) is 65.7 Å². The minimum absolute atomic E-state index is 0.00548. The summed E-state index contributed by atoms with van der Waals surface area (Å²) in [5.41, 5.74) is 0.476. The van der Waals surface area contributed by atoms with E-state index in [0.717, 1.165) is 42.6 Å². The van der Waals surface area contributed by atoms with Crippen LogP contribution in [0.1, 0.15) is 49.7 Å². The van der Waals surface area contributed by atoms with Gasteiger partial charge in [-0.25, -0.2) is 4.79 Å². The Morgan fingerprint density at radius 1 is 1.04 bits per heavy atom. The fraction of sp³-hybridized carbons (Fsp3) is 0.435. The summed E-state index contributed by atoms with van der Waals surface area (Å²) in [5, 5.41) is 10.2. The highest BCUT2D eigenvalue weighted by Gasteiger charge is 2.43. The van der Waals surface area contributed by atoms with Gasteiger partial charge < -0.3 is 14.6 Å². The Hall–Kier alpha value is -2.33. The topological polar surface area (TPSA) is 55.8 Å². The zero-order valence-corrected chi connectivity index (χ0v) is 15.9. The Morgan fingerprint density at radius 3 is 2.30 bits per heavy atom. The first-order valence-corrected chi connectivity index (χ1v) is 9.74. The van der Waals surface area contributed by atoms with Crippen LogP contribution in [0.25, 0.3) is 0 Å². The first-order chi connectivity index (χ1) is 13.1. The van der Waals surface area contributed by atoms with E-state index in [1.165, 1.54) is 6.42 Å². The number of methoxy groups -OCH3 is 1. The van der Waals surface area contributed by atoms with E-state index < -0.39 is 11.6 Å². The number of hydrogen-bond donors (Lipinski definition) is 1. The van der Waals surface area contributed by atoms with E-state index in [-0.39, 0.29) is 6.10 Å². The van der Waals surface area contributed by atoms with E-state index in [0.29, 0.717) is 12.8 Å². The summed E-state index contributed by atoms with van der Waals surface area (Å²) in [6.07, 6.45) is 6.31. The van der Waals surface area contributed by atoms with Crippen LogP contribution in [0, 0.1) is 0 Å². The Kier molecular flexibility index (Phi) is 6.51. The zero-order valence-electron chi connectivity index (χ0n) is 15.9. The van der Waals surface area contributed by atoms with E-state index >= 15 is 0 Å². The van der Waals surface area contributed by atoms with Gasteiger partial charge in [0.1, 0.15) is 5.75 Å². The van der Waals surface area contributed by atoms with Crippen LogP contribution >= 0.6 is 0 Å². The summed E-state index contributed by atoms with van der Waals surface area (Å²) < 4.78 is 11.6. The molecule has 0 radical (unpaired) electrons. The quantitative estimate of drug-likeness (QED) is 0.716. The number of aryl methyl sites for hydroxylation is 1. The van der Waals surface area contributed by atoms with Crippen molar-refractivity contribution in [1.82, 2.24) is 0 Å². The van der Waals surface area contributed by atoms with E-state index in [1.807, 2.05) is 54.6 Å². The van der Waals surface area contributed by atoms with Crippen molar-refractivity contribution in [2.45, 2.75) is 56.7 Å². The van der Waals surface area contributed by atoms with Crippen LogP contribution in [0.5, 0.6) is 5.75 Å². The number of carboxylic acids is 1. The number of rotatable bonds is 8. The van der Waals surface area contributed by atoms with Crippen LogP contribution in [0.4, 0.5) is 0 Å². The monoisotopic (exact) mass is 368 g/mol. The van der Waals surface area contributed by atoms with Crippen LogP contribution in [0.3, 0.4) is 0 Å². The molecule has 0 bridgehead atoms. The first kappa shape index (κ1) is 19.4. The summed E-state index contributed by atoms with van der Waals surface area (Å²) in [5.74, 6) is -0.113. The average Bonchev–Trinajstić information content (AvgIpc) is 2.72. The van der Waals surface area contributed by atoms with Gasteiger partial charge in [-0.15, -0.1) is 0 Å². The number of ether oxygens (including phenoxy) is 2. The Bertz CT molecular complexity index is 720. The number of benzene rings is 2. The second kappa shape index (κ2) is 9.05. The third-order valence-corrected chi connectivity index (χ3v) is 5.43. The molecule has 2 aromatic rings. The number of carbonyl (C=O) groups is 1. The molecule has 4 nitrogen and oxygen atoms in total. The van der Waals surface area contributed by atoms with E-state index in [9.17, 15) is 9.90 Å². The molecule has 0 aromatic heterocycles. The Balaban J connectivity index is 1.85. The average molecular weight is 368 g/mol. The van der Waals surface area contributed by atoms with Gasteiger partial charge in [0.05, 0.1) is 13.2 Å². The van der Waals surface area contributed by atoms with Crippen LogP contribution in [-0.4, -0.2) is 24.3 Å². The molecule has 144 valence electrons. The fourth-order valence-corrected chi connectivity index (χ4v) is 3.84. The lowest BCUT2D eigenvalue weighted by atomic mass is 9.86.